The molecular weight excluding hydrogens is 412 g/mol. The molecule has 2 aliphatic rings. The van der Waals surface area contributed by atoms with Crippen LogP contribution in [0.1, 0.15) is 57.9 Å². The van der Waals surface area contributed by atoms with Crippen molar-refractivity contribution in [2.75, 3.05) is 6.61 Å². The second kappa shape index (κ2) is 11.3. The van der Waals surface area contributed by atoms with Crippen molar-refractivity contribution in [2.45, 2.75) is 83.1 Å². The Bertz CT molecular complexity index is 786. The molecule has 1 saturated carbocycles. The zero-order valence-electron chi connectivity index (χ0n) is 18.9. The number of esters is 1. The fourth-order valence-electron chi connectivity index (χ4n) is 5.01. The highest BCUT2D eigenvalue weighted by Gasteiger charge is 2.47. The first-order valence-electron chi connectivity index (χ1n) is 11.6. The molecule has 1 aliphatic heterocycles. The van der Waals surface area contributed by atoms with Crippen LogP contribution in [0.4, 0.5) is 4.79 Å². The van der Waals surface area contributed by atoms with E-state index in [2.05, 4.69) is 5.32 Å². The molecule has 0 bridgehead atoms. The molecule has 32 heavy (non-hydrogen) atoms. The van der Waals surface area contributed by atoms with Gasteiger partial charge in [-0.15, -0.1) is 0 Å². The number of hydrogen-bond donors (Lipinski definition) is 2. The van der Waals surface area contributed by atoms with Gasteiger partial charge in [-0.25, -0.2) is 4.79 Å². The van der Waals surface area contributed by atoms with E-state index in [0.717, 1.165) is 31.2 Å². The summed E-state index contributed by atoms with van der Waals surface area (Å²) in [5.41, 5.74) is 1.10. The molecule has 0 aromatic heterocycles. The van der Waals surface area contributed by atoms with Crippen molar-refractivity contribution in [1.29, 1.82) is 0 Å². The van der Waals surface area contributed by atoms with Gasteiger partial charge < -0.3 is 19.5 Å². The first kappa shape index (κ1) is 24.0. The number of hydrogen-bond acceptors (Lipinski definition) is 6. The van der Waals surface area contributed by atoms with Crippen LogP contribution in [0.5, 0.6) is 0 Å². The van der Waals surface area contributed by atoms with E-state index in [9.17, 15) is 14.4 Å². The molecule has 1 aromatic rings. The Balaban J connectivity index is 1.70. The number of rotatable bonds is 9. The molecule has 8 nitrogen and oxygen atoms in total. The number of likely N-dealkylation sites (tertiary alicyclic amines) is 1. The average Bonchev–Trinajstić information content (AvgIpc) is 3.13. The van der Waals surface area contributed by atoms with E-state index in [4.69, 9.17) is 14.6 Å². The number of carbonyl (C=O) groups is 3. The molecule has 2 N–H and O–H groups in total. The van der Waals surface area contributed by atoms with Gasteiger partial charge >= 0.3 is 12.1 Å². The van der Waals surface area contributed by atoms with Crippen molar-refractivity contribution in [1.82, 2.24) is 10.2 Å². The Morgan fingerprint density at radius 3 is 2.59 bits per heavy atom. The van der Waals surface area contributed by atoms with Gasteiger partial charge in [0.2, 0.25) is 5.91 Å². The third kappa shape index (κ3) is 6.00. The van der Waals surface area contributed by atoms with Gasteiger partial charge in [0.25, 0.3) is 0 Å². The summed E-state index contributed by atoms with van der Waals surface area (Å²) in [4.78, 5) is 38.8. The summed E-state index contributed by atoms with van der Waals surface area (Å²) in [5, 5.41) is 12.3. The second-order valence-corrected chi connectivity index (χ2v) is 8.65. The zero-order valence-corrected chi connectivity index (χ0v) is 18.9. The first-order chi connectivity index (χ1) is 15.4. The van der Waals surface area contributed by atoms with Crippen LogP contribution in [0.25, 0.3) is 0 Å². The lowest BCUT2D eigenvalue weighted by Crippen LogP contribution is -2.55. The maximum Gasteiger partial charge on any atom is 0.507 e. The Morgan fingerprint density at radius 2 is 1.91 bits per heavy atom. The summed E-state index contributed by atoms with van der Waals surface area (Å²) in [7, 11) is 0. The Labute approximate surface area is 189 Å². The standard InChI is InChI=1S/C24H34N2O6/c1-3-31-23(28)19(14-13-17-9-5-4-6-10-17)25-16(2)22(27)26-20-12-8-7-11-18(20)15-21(26)32-24(29)30/h4-6,9-10,16,18-21,25H,3,7-8,11-15H2,1-2H3,(H,29,30)/t16-,18-,19-,20-,21-/m0/s1. The van der Waals surface area contributed by atoms with Gasteiger partial charge in [0.15, 0.2) is 6.23 Å². The van der Waals surface area contributed by atoms with E-state index in [0.29, 0.717) is 19.3 Å². The van der Waals surface area contributed by atoms with Crippen LogP contribution in [-0.2, 0) is 25.5 Å². The molecule has 0 spiro atoms. The zero-order chi connectivity index (χ0) is 23.1. The van der Waals surface area contributed by atoms with Crippen LogP contribution in [0.2, 0.25) is 0 Å². The first-order valence-corrected chi connectivity index (χ1v) is 11.6. The minimum Gasteiger partial charge on any atom is -0.465 e. The normalized spacial score (nSPS) is 24.3. The molecule has 1 aliphatic carbocycles. The van der Waals surface area contributed by atoms with Crippen molar-refractivity contribution >= 4 is 18.0 Å². The molecule has 8 heteroatoms. The predicted octanol–water partition coefficient (Wildman–Crippen LogP) is 3.34. The van der Waals surface area contributed by atoms with Crippen LogP contribution in [0.15, 0.2) is 30.3 Å². The summed E-state index contributed by atoms with van der Waals surface area (Å²) >= 11 is 0. The number of nitrogens with zero attached hydrogens (tertiary/aromatic N) is 1. The summed E-state index contributed by atoms with van der Waals surface area (Å²) in [6, 6.07) is 8.50. The van der Waals surface area contributed by atoms with Gasteiger partial charge in [-0.2, -0.15) is 0 Å². The number of aryl methyl sites for hydroxylation is 1. The molecule has 1 saturated heterocycles. The van der Waals surface area contributed by atoms with E-state index in [1.165, 1.54) is 0 Å². The van der Waals surface area contributed by atoms with Crippen LogP contribution in [0.3, 0.4) is 0 Å². The monoisotopic (exact) mass is 446 g/mol. The molecule has 5 atom stereocenters. The lowest BCUT2D eigenvalue weighted by Gasteiger charge is -2.35. The van der Waals surface area contributed by atoms with Crippen LogP contribution < -0.4 is 5.32 Å². The van der Waals surface area contributed by atoms with Gasteiger partial charge in [-0.3, -0.25) is 14.9 Å². The molecule has 1 aromatic carbocycles. The number of nitrogens with one attached hydrogen (secondary N) is 1. The third-order valence-corrected chi connectivity index (χ3v) is 6.49. The van der Waals surface area contributed by atoms with Crippen LogP contribution in [-0.4, -0.2) is 59.0 Å². The molecule has 1 heterocycles. The highest BCUT2D eigenvalue weighted by Crippen LogP contribution is 2.40. The van der Waals surface area contributed by atoms with Gasteiger partial charge in [-0.05, 0) is 51.0 Å². The topological polar surface area (TPSA) is 105 Å². The number of carbonyl (C=O) groups excluding carboxylic acids is 2. The van der Waals surface area contributed by atoms with E-state index >= 15 is 0 Å². The highest BCUT2D eigenvalue weighted by molar-refractivity contribution is 5.84. The minimum atomic E-state index is -1.38. The molecule has 0 unspecified atom stereocenters. The Kier molecular flexibility index (Phi) is 8.50. The van der Waals surface area contributed by atoms with Crippen molar-refractivity contribution in [3.63, 3.8) is 0 Å². The fourth-order valence-corrected chi connectivity index (χ4v) is 5.01. The maximum atomic E-state index is 13.4. The van der Waals surface area contributed by atoms with Gasteiger partial charge in [0.1, 0.15) is 6.04 Å². The van der Waals surface area contributed by atoms with Crippen molar-refractivity contribution < 1.29 is 29.0 Å². The third-order valence-electron chi connectivity index (χ3n) is 6.49. The SMILES string of the molecule is CCOC(=O)[C@H](CCc1ccccc1)N[C@@H](C)C(=O)N1[C@@H](OC(=O)O)C[C@@H]2CCCC[C@@H]21. The molecule has 176 valence electrons. The summed E-state index contributed by atoms with van der Waals surface area (Å²) in [5.74, 6) is -0.374. The molecule has 2 fully saturated rings. The van der Waals surface area contributed by atoms with Gasteiger partial charge in [0.05, 0.1) is 12.6 Å². The number of benzene rings is 1. The number of fused-ring (bicyclic) bond motifs is 1. The van der Waals surface area contributed by atoms with Crippen molar-refractivity contribution in [2.24, 2.45) is 5.92 Å². The summed E-state index contributed by atoms with van der Waals surface area (Å²) in [6.45, 7) is 3.72. The van der Waals surface area contributed by atoms with E-state index in [1.54, 1.807) is 18.7 Å². The van der Waals surface area contributed by atoms with Crippen LogP contribution in [0, 0.1) is 5.92 Å². The maximum absolute atomic E-state index is 13.4. The molecule has 1 amide bonds. The molecule has 0 radical (unpaired) electrons. The van der Waals surface area contributed by atoms with E-state index in [1.807, 2.05) is 30.3 Å². The minimum absolute atomic E-state index is 0.0183. The number of carboxylic acid groups (broad SMARTS) is 1. The Morgan fingerprint density at radius 1 is 1.19 bits per heavy atom. The number of amides is 1. The van der Waals surface area contributed by atoms with Crippen molar-refractivity contribution in [3.05, 3.63) is 35.9 Å². The quantitative estimate of drug-likeness (QED) is 0.561. The summed E-state index contributed by atoms with van der Waals surface area (Å²) < 4.78 is 10.3. The fraction of sp³-hybridized carbons (Fsp3) is 0.625. The predicted molar refractivity (Wildman–Crippen MR) is 118 cm³/mol. The lowest BCUT2D eigenvalue weighted by atomic mass is 9.85. The molecule has 3 rings (SSSR count). The largest absolute Gasteiger partial charge is 0.507 e. The van der Waals surface area contributed by atoms with E-state index < -0.39 is 30.4 Å². The van der Waals surface area contributed by atoms with Gasteiger partial charge in [0, 0.05) is 12.5 Å². The van der Waals surface area contributed by atoms with Crippen LogP contribution >= 0.6 is 0 Å². The van der Waals surface area contributed by atoms with Gasteiger partial charge in [-0.1, -0.05) is 43.2 Å². The number of ether oxygens (including phenoxy) is 2. The second-order valence-electron chi connectivity index (χ2n) is 8.65. The lowest BCUT2D eigenvalue weighted by molar-refractivity contribution is -0.148. The smallest absolute Gasteiger partial charge is 0.465 e. The summed E-state index contributed by atoms with van der Waals surface area (Å²) in [6.07, 6.45) is 3.44. The Hall–Kier alpha value is -2.61. The highest BCUT2D eigenvalue weighted by atomic mass is 16.7. The average molecular weight is 447 g/mol. The molecular formula is C24H34N2O6. The van der Waals surface area contributed by atoms with E-state index in [-0.39, 0.29) is 24.5 Å². The van der Waals surface area contributed by atoms with Crippen molar-refractivity contribution in [3.8, 4) is 0 Å².